The van der Waals surface area contributed by atoms with Crippen molar-refractivity contribution >= 4 is 12.0 Å². The average Bonchev–Trinajstić information content (AvgIpc) is 3.21. The number of benzene rings is 1. The maximum absolute atomic E-state index is 12.9. The fourth-order valence-corrected chi connectivity index (χ4v) is 3.33. The fourth-order valence-electron chi connectivity index (χ4n) is 3.33. The molecule has 1 aliphatic rings. The average molecular weight is 417 g/mol. The quantitative estimate of drug-likeness (QED) is 0.556. The van der Waals surface area contributed by atoms with Gasteiger partial charge in [0, 0.05) is 24.7 Å². The Morgan fingerprint density at radius 2 is 1.97 bits per heavy atom. The van der Waals surface area contributed by atoms with Crippen molar-refractivity contribution in [3.63, 3.8) is 0 Å². The van der Waals surface area contributed by atoms with Crippen LogP contribution in [0.1, 0.15) is 30.6 Å². The normalized spacial score (nSPS) is 15.6. The number of hydrogen-bond acceptors (Lipinski definition) is 4. The van der Waals surface area contributed by atoms with Gasteiger partial charge in [0.2, 0.25) is 0 Å². The van der Waals surface area contributed by atoms with Crippen LogP contribution in [0.25, 0.3) is 17.4 Å². The molecule has 5 nitrogen and oxygen atoms in total. The number of furan rings is 1. The summed E-state index contributed by atoms with van der Waals surface area (Å²) in [4.78, 5) is 14.5. The number of carbonyl (C=O) groups excluding carboxylic acids is 1. The molecule has 0 unspecified atom stereocenters. The molecule has 0 saturated carbocycles. The van der Waals surface area contributed by atoms with Crippen molar-refractivity contribution in [1.29, 1.82) is 5.26 Å². The largest absolute Gasteiger partial charge is 0.457 e. The van der Waals surface area contributed by atoms with Crippen molar-refractivity contribution in [2.24, 2.45) is 0 Å². The van der Waals surface area contributed by atoms with Crippen molar-refractivity contribution < 1.29 is 22.4 Å². The summed E-state index contributed by atoms with van der Waals surface area (Å²) < 4.78 is 44.2. The Labute approximate surface area is 172 Å². The smallest absolute Gasteiger partial charge is 0.416 e. The van der Waals surface area contributed by atoms with E-state index in [-0.39, 0.29) is 22.7 Å². The minimum absolute atomic E-state index is 0.126. The van der Waals surface area contributed by atoms with Crippen LogP contribution in [0.4, 0.5) is 13.2 Å². The molecule has 1 aromatic heterocycles. The molecule has 0 bridgehead atoms. The Morgan fingerprint density at radius 1 is 1.20 bits per heavy atom. The molecule has 158 valence electrons. The lowest BCUT2D eigenvalue weighted by atomic mass is 10.1. The van der Waals surface area contributed by atoms with Gasteiger partial charge in [-0.05, 0) is 50.2 Å². The molecule has 0 spiro atoms. The highest BCUT2D eigenvalue weighted by molar-refractivity contribution is 6.01. The van der Waals surface area contributed by atoms with Gasteiger partial charge in [-0.1, -0.05) is 18.6 Å². The predicted octanol–water partition coefficient (Wildman–Crippen LogP) is 4.47. The Balaban J connectivity index is 1.64. The Bertz CT molecular complexity index is 951. The summed E-state index contributed by atoms with van der Waals surface area (Å²) in [6.45, 7) is 3.19. The lowest BCUT2D eigenvalue weighted by Gasteiger charge is -2.26. The molecule has 1 amide bonds. The van der Waals surface area contributed by atoms with Gasteiger partial charge in [-0.15, -0.1) is 0 Å². The first kappa shape index (κ1) is 21.7. The number of amides is 1. The number of rotatable bonds is 6. The second-order valence-corrected chi connectivity index (χ2v) is 7.11. The summed E-state index contributed by atoms with van der Waals surface area (Å²) in [6, 6.07) is 9.63. The van der Waals surface area contributed by atoms with Gasteiger partial charge >= 0.3 is 6.18 Å². The van der Waals surface area contributed by atoms with E-state index in [0.29, 0.717) is 6.54 Å². The third-order valence-corrected chi connectivity index (χ3v) is 4.92. The van der Waals surface area contributed by atoms with Gasteiger partial charge in [0.1, 0.15) is 23.2 Å². The maximum atomic E-state index is 12.9. The highest BCUT2D eigenvalue weighted by atomic mass is 19.4. The number of alkyl halides is 3. The van der Waals surface area contributed by atoms with Crippen LogP contribution >= 0.6 is 0 Å². The van der Waals surface area contributed by atoms with Crippen LogP contribution in [0, 0.1) is 11.3 Å². The summed E-state index contributed by atoms with van der Waals surface area (Å²) in [6.07, 6.45) is 0.378. The van der Waals surface area contributed by atoms with Crippen molar-refractivity contribution in [2.75, 3.05) is 26.2 Å². The SMILES string of the molecule is N#C/C(=C\c1ccc(-c2cccc(C(F)(F)F)c2)o1)C(=O)NCCN1CCCCC1. The molecule has 3 rings (SSSR count). The van der Waals surface area contributed by atoms with Crippen LogP contribution in [0.2, 0.25) is 0 Å². The number of carbonyl (C=O) groups is 1. The highest BCUT2D eigenvalue weighted by Gasteiger charge is 2.30. The number of nitrogens with one attached hydrogen (secondary N) is 1. The van der Waals surface area contributed by atoms with Crippen LogP contribution in [-0.4, -0.2) is 37.0 Å². The summed E-state index contributed by atoms with van der Waals surface area (Å²) in [5.41, 5.74) is -0.646. The van der Waals surface area contributed by atoms with Gasteiger partial charge in [0.15, 0.2) is 0 Å². The molecule has 0 aliphatic carbocycles. The van der Waals surface area contributed by atoms with Crippen LogP contribution in [-0.2, 0) is 11.0 Å². The number of halogens is 3. The molecule has 0 radical (unpaired) electrons. The van der Waals surface area contributed by atoms with E-state index in [0.717, 1.165) is 44.6 Å². The van der Waals surface area contributed by atoms with E-state index < -0.39 is 17.6 Å². The molecule has 30 heavy (non-hydrogen) atoms. The van der Waals surface area contributed by atoms with Gasteiger partial charge < -0.3 is 14.6 Å². The van der Waals surface area contributed by atoms with Crippen LogP contribution in [0.15, 0.2) is 46.4 Å². The molecule has 1 aliphatic heterocycles. The van der Waals surface area contributed by atoms with E-state index in [1.54, 1.807) is 0 Å². The maximum Gasteiger partial charge on any atom is 0.416 e. The zero-order valence-corrected chi connectivity index (χ0v) is 16.3. The zero-order chi connectivity index (χ0) is 21.6. The van der Waals surface area contributed by atoms with E-state index in [1.165, 1.54) is 36.8 Å². The zero-order valence-electron chi connectivity index (χ0n) is 16.3. The molecule has 0 atom stereocenters. The first-order chi connectivity index (χ1) is 14.4. The number of hydrogen-bond donors (Lipinski definition) is 1. The molecule has 2 aromatic rings. The topological polar surface area (TPSA) is 69.3 Å². The summed E-state index contributed by atoms with van der Waals surface area (Å²) in [5, 5.41) is 12.0. The van der Waals surface area contributed by atoms with Gasteiger partial charge in [-0.25, -0.2) is 0 Å². The molecule has 1 N–H and O–H groups in total. The van der Waals surface area contributed by atoms with Gasteiger partial charge in [0.25, 0.3) is 5.91 Å². The van der Waals surface area contributed by atoms with Crippen molar-refractivity contribution in [3.05, 3.63) is 53.3 Å². The van der Waals surface area contributed by atoms with E-state index in [1.807, 2.05) is 6.07 Å². The van der Waals surface area contributed by atoms with Crippen molar-refractivity contribution in [3.8, 4) is 17.4 Å². The number of likely N-dealkylation sites (tertiary alicyclic amines) is 1. The second-order valence-electron chi connectivity index (χ2n) is 7.11. The predicted molar refractivity (Wildman–Crippen MR) is 106 cm³/mol. The Morgan fingerprint density at radius 3 is 2.67 bits per heavy atom. The van der Waals surface area contributed by atoms with Gasteiger partial charge in [-0.2, -0.15) is 18.4 Å². The fraction of sp³-hybridized carbons (Fsp3) is 0.364. The number of nitriles is 1. The molecule has 8 heteroatoms. The van der Waals surface area contributed by atoms with Gasteiger partial charge in [-0.3, -0.25) is 4.79 Å². The molecule has 1 fully saturated rings. The molecule has 2 heterocycles. The highest BCUT2D eigenvalue weighted by Crippen LogP contribution is 2.32. The van der Waals surface area contributed by atoms with E-state index in [2.05, 4.69) is 10.2 Å². The summed E-state index contributed by atoms with van der Waals surface area (Å²) in [5.74, 6) is -0.0770. The third-order valence-electron chi connectivity index (χ3n) is 4.92. The van der Waals surface area contributed by atoms with Gasteiger partial charge in [0.05, 0.1) is 5.56 Å². The minimum Gasteiger partial charge on any atom is -0.457 e. The monoisotopic (exact) mass is 417 g/mol. The Hall–Kier alpha value is -3.05. The molecule has 1 aromatic carbocycles. The summed E-state index contributed by atoms with van der Waals surface area (Å²) in [7, 11) is 0. The first-order valence-corrected chi connectivity index (χ1v) is 9.76. The molecular formula is C22H22F3N3O2. The van der Waals surface area contributed by atoms with E-state index in [9.17, 15) is 23.2 Å². The van der Waals surface area contributed by atoms with E-state index >= 15 is 0 Å². The van der Waals surface area contributed by atoms with Crippen molar-refractivity contribution in [2.45, 2.75) is 25.4 Å². The minimum atomic E-state index is -4.45. The van der Waals surface area contributed by atoms with Crippen LogP contribution in [0.3, 0.4) is 0 Å². The van der Waals surface area contributed by atoms with E-state index in [4.69, 9.17) is 4.42 Å². The number of nitrogens with zero attached hydrogens (tertiary/aromatic N) is 2. The standard InChI is InChI=1S/C22H22F3N3O2/c23-22(24,25)18-6-4-5-16(13-18)20-8-7-19(30-20)14-17(15-26)21(29)27-9-12-28-10-2-1-3-11-28/h4-8,13-14H,1-3,9-12H2,(H,27,29)/b17-14+. The Kier molecular flexibility index (Phi) is 6.95. The molecular weight excluding hydrogens is 395 g/mol. The first-order valence-electron chi connectivity index (χ1n) is 9.76. The lowest BCUT2D eigenvalue weighted by Crippen LogP contribution is -2.37. The summed E-state index contributed by atoms with van der Waals surface area (Å²) >= 11 is 0. The third kappa shape index (κ3) is 5.74. The van der Waals surface area contributed by atoms with Crippen molar-refractivity contribution in [1.82, 2.24) is 10.2 Å². The van der Waals surface area contributed by atoms with Crippen LogP contribution < -0.4 is 5.32 Å². The molecule has 1 saturated heterocycles. The lowest BCUT2D eigenvalue weighted by molar-refractivity contribution is -0.137. The number of piperidine rings is 1. The van der Waals surface area contributed by atoms with Crippen LogP contribution in [0.5, 0.6) is 0 Å². The second kappa shape index (κ2) is 9.63.